The van der Waals surface area contributed by atoms with Gasteiger partial charge in [-0.2, -0.15) is 5.10 Å². The van der Waals surface area contributed by atoms with Gasteiger partial charge in [-0.1, -0.05) is 12.1 Å². The molecule has 0 amide bonds. The minimum atomic E-state index is 0.999. The van der Waals surface area contributed by atoms with Crippen molar-refractivity contribution in [3.63, 3.8) is 0 Å². The Kier molecular flexibility index (Phi) is 2.67. The molecule has 0 bridgehead atoms. The van der Waals surface area contributed by atoms with Gasteiger partial charge in [-0.25, -0.2) is 0 Å². The van der Waals surface area contributed by atoms with Gasteiger partial charge in [0.25, 0.3) is 0 Å². The molecule has 0 unspecified atom stereocenters. The first-order valence-corrected chi connectivity index (χ1v) is 6.25. The fraction of sp³-hybridized carbons (Fsp3) is 0.267. The molecule has 0 radical (unpaired) electrons. The van der Waals surface area contributed by atoms with Crippen LogP contribution in [0.25, 0.3) is 10.9 Å². The van der Waals surface area contributed by atoms with Crippen molar-refractivity contribution >= 4 is 10.9 Å². The minimum Gasteiger partial charge on any atom is -0.347 e. The second-order valence-corrected chi connectivity index (χ2v) is 4.84. The number of aryl methyl sites for hydroxylation is 4. The van der Waals surface area contributed by atoms with E-state index in [1.54, 1.807) is 0 Å². The van der Waals surface area contributed by atoms with Crippen molar-refractivity contribution < 1.29 is 0 Å². The maximum absolute atomic E-state index is 4.20. The van der Waals surface area contributed by atoms with Gasteiger partial charge in [0.15, 0.2) is 0 Å². The number of hydrogen-bond donors (Lipinski definition) is 0. The van der Waals surface area contributed by atoms with E-state index in [0.29, 0.717) is 0 Å². The third-order valence-corrected chi connectivity index (χ3v) is 3.33. The summed E-state index contributed by atoms with van der Waals surface area (Å²) in [6.45, 7) is 3.14. The molecule has 18 heavy (non-hydrogen) atoms. The molecular weight excluding hydrogens is 222 g/mol. The van der Waals surface area contributed by atoms with Crippen LogP contribution in [0.5, 0.6) is 0 Å². The van der Waals surface area contributed by atoms with Crippen LogP contribution < -0.4 is 0 Å². The molecule has 0 saturated carbocycles. The SMILES string of the molecule is Cc1ccc2ccn(CCc3cnn(C)c3)c2c1. The average Bonchev–Trinajstić information content (AvgIpc) is 2.93. The monoisotopic (exact) mass is 239 g/mol. The molecule has 2 aromatic heterocycles. The predicted molar refractivity (Wildman–Crippen MR) is 73.6 cm³/mol. The van der Waals surface area contributed by atoms with Crippen LogP contribution in [0.1, 0.15) is 11.1 Å². The molecule has 0 aliphatic carbocycles. The summed E-state index contributed by atoms with van der Waals surface area (Å²) in [4.78, 5) is 0. The molecule has 0 aliphatic rings. The molecule has 0 spiro atoms. The number of fused-ring (bicyclic) bond motifs is 1. The molecule has 3 rings (SSSR count). The van der Waals surface area contributed by atoms with Crippen molar-refractivity contribution in [1.82, 2.24) is 14.3 Å². The number of rotatable bonds is 3. The van der Waals surface area contributed by atoms with Crippen LogP contribution in [-0.4, -0.2) is 14.3 Å². The van der Waals surface area contributed by atoms with Crippen LogP contribution in [0, 0.1) is 6.92 Å². The van der Waals surface area contributed by atoms with Crippen molar-refractivity contribution in [2.45, 2.75) is 19.9 Å². The molecule has 92 valence electrons. The molecule has 3 nitrogen and oxygen atoms in total. The summed E-state index contributed by atoms with van der Waals surface area (Å²) < 4.78 is 4.17. The topological polar surface area (TPSA) is 22.8 Å². The van der Waals surface area contributed by atoms with Crippen molar-refractivity contribution in [2.24, 2.45) is 7.05 Å². The Balaban J connectivity index is 1.84. The molecule has 0 saturated heterocycles. The summed E-state index contributed by atoms with van der Waals surface area (Å²) in [5.74, 6) is 0. The van der Waals surface area contributed by atoms with Gasteiger partial charge in [-0.3, -0.25) is 4.68 Å². The molecule has 1 aromatic carbocycles. The number of benzene rings is 1. The Morgan fingerprint density at radius 3 is 2.89 bits per heavy atom. The first kappa shape index (κ1) is 11.1. The van der Waals surface area contributed by atoms with Crippen LogP contribution in [0.15, 0.2) is 42.9 Å². The molecule has 0 atom stereocenters. The van der Waals surface area contributed by atoms with Gasteiger partial charge in [-0.05, 0) is 42.0 Å². The van der Waals surface area contributed by atoms with Crippen molar-refractivity contribution in [3.8, 4) is 0 Å². The predicted octanol–water partition coefficient (Wildman–Crippen LogP) is 2.93. The molecule has 3 heteroatoms. The summed E-state index contributed by atoms with van der Waals surface area (Å²) in [5, 5.41) is 5.51. The van der Waals surface area contributed by atoms with Gasteiger partial charge in [0.05, 0.1) is 6.20 Å². The zero-order chi connectivity index (χ0) is 12.5. The zero-order valence-corrected chi connectivity index (χ0v) is 10.8. The highest BCUT2D eigenvalue weighted by Crippen LogP contribution is 2.17. The Labute approximate surface area is 107 Å². The summed E-state index contributed by atoms with van der Waals surface area (Å²) in [6, 6.07) is 8.77. The number of hydrogen-bond acceptors (Lipinski definition) is 1. The molecule has 3 aromatic rings. The van der Waals surface area contributed by atoms with Crippen LogP contribution >= 0.6 is 0 Å². The quantitative estimate of drug-likeness (QED) is 0.689. The zero-order valence-electron chi connectivity index (χ0n) is 10.8. The van der Waals surface area contributed by atoms with Crippen LogP contribution in [0.3, 0.4) is 0 Å². The van der Waals surface area contributed by atoms with Crippen molar-refractivity contribution in [1.29, 1.82) is 0 Å². The van der Waals surface area contributed by atoms with Crippen LogP contribution in [0.2, 0.25) is 0 Å². The highest BCUT2D eigenvalue weighted by atomic mass is 15.2. The Hall–Kier alpha value is -2.03. The fourth-order valence-corrected chi connectivity index (χ4v) is 2.34. The van der Waals surface area contributed by atoms with Gasteiger partial charge in [0.1, 0.15) is 0 Å². The van der Waals surface area contributed by atoms with Gasteiger partial charge in [-0.15, -0.1) is 0 Å². The molecule has 0 N–H and O–H groups in total. The molecule has 0 fully saturated rings. The summed E-state index contributed by atoms with van der Waals surface area (Å²) in [5.41, 5.74) is 3.91. The van der Waals surface area contributed by atoms with Gasteiger partial charge >= 0.3 is 0 Å². The van der Waals surface area contributed by atoms with E-state index in [9.17, 15) is 0 Å². The Morgan fingerprint density at radius 2 is 2.11 bits per heavy atom. The van der Waals surface area contributed by atoms with E-state index < -0.39 is 0 Å². The maximum Gasteiger partial charge on any atom is 0.0522 e. The average molecular weight is 239 g/mol. The van der Waals surface area contributed by atoms with Gasteiger partial charge in [0.2, 0.25) is 0 Å². The lowest BCUT2D eigenvalue weighted by Gasteiger charge is -2.04. The first-order chi connectivity index (χ1) is 8.72. The van der Waals surface area contributed by atoms with E-state index in [-0.39, 0.29) is 0 Å². The van der Waals surface area contributed by atoms with E-state index in [1.807, 2.05) is 17.9 Å². The van der Waals surface area contributed by atoms with Crippen LogP contribution in [0.4, 0.5) is 0 Å². The van der Waals surface area contributed by atoms with Crippen molar-refractivity contribution in [3.05, 3.63) is 54.0 Å². The second kappa shape index (κ2) is 4.33. The smallest absolute Gasteiger partial charge is 0.0522 e. The third-order valence-electron chi connectivity index (χ3n) is 3.33. The second-order valence-electron chi connectivity index (χ2n) is 4.84. The molecule has 0 aliphatic heterocycles. The van der Waals surface area contributed by atoms with Gasteiger partial charge in [0, 0.05) is 31.5 Å². The summed E-state index contributed by atoms with van der Waals surface area (Å²) >= 11 is 0. The summed E-state index contributed by atoms with van der Waals surface area (Å²) in [6.07, 6.45) is 7.21. The highest BCUT2D eigenvalue weighted by molar-refractivity contribution is 5.80. The minimum absolute atomic E-state index is 0.999. The number of aromatic nitrogens is 3. The Bertz CT molecular complexity index is 676. The lowest BCUT2D eigenvalue weighted by molar-refractivity contribution is 0.720. The van der Waals surface area contributed by atoms with E-state index in [4.69, 9.17) is 0 Å². The van der Waals surface area contributed by atoms with E-state index in [0.717, 1.165) is 13.0 Å². The van der Waals surface area contributed by atoms with Gasteiger partial charge < -0.3 is 4.57 Å². The molecular formula is C15H17N3. The standard InChI is InChI=1S/C15H17N3/c1-12-3-4-14-6-8-18(15(14)9-12)7-5-13-10-16-17(2)11-13/h3-4,6,8-11H,5,7H2,1-2H3. The van der Waals surface area contributed by atoms with E-state index in [1.165, 1.54) is 22.0 Å². The number of nitrogens with zero attached hydrogens (tertiary/aromatic N) is 3. The summed E-state index contributed by atoms with van der Waals surface area (Å²) in [7, 11) is 1.96. The highest BCUT2D eigenvalue weighted by Gasteiger charge is 2.02. The van der Waals surface area contributed by atoms with Crippen LogP contribution in [-0.2, 0) is 20.0 Å². The third kappa shape index (κ3) is 2.04. The van der Waals surface area contributed by atoms with E-state index >= 15 is 0 Å². The normalized spacial score (nSPS) is 11.2. The lowest BCUT2D eigenvalue weighted by Crippen LogP contribution is -1.99. The first-order valence-electron chi connectivity index (χ1n) is 6.25. The lowest BCUT2D eigenvalue weighted by atomic mass is 10.2. The van der Waals surface area contributed by atoms with E-state index in [2.05, 4.69) is 53.2 Å². The fourth-order valence-electron chi connectivity index (χ4n) is 2.34. The molecule has 2 heterocycles. The maximum atomic E-state index is 4.20. The Morgan fingerprint density at radius 1 is 1.22 bits per heavy atom. The van der Waals surface area contributed by atoms with Crippen molar-refractivity contribution in [2.75, 3.05) is 0 Å². The largest absolute Gasteiger partial charge is 0.347 e.